The van der Waals surface area contributed by atoms with E-state index in [1.54, 1.807) is 26.2 Å². The first-order chi connectivity index (χ1) is 14.1. The molecule has 7 nitrogen and oxygen atoms in total. The number of carbonyl (C=O) groups excluding carboxylic acids is 1. The highest BCUT2D eigenvalue weighted by Crippen LogP contribution is 2.34. The van der Waals surface area contributed by atoms with Gasteiger partial charge in [-0.05, 0) is 49.1 Å². The van der Waals surface area contributed by atoms with E-state index in [9.17, 15) is 17.6 Å². The van der Waals surface area contributed by atoms with Crippen molar-refractivity contribution in [3.05, 3.63) is 59.2 Å². The number of benzene rings is 1. The lowest BCUT2D eigenvalue weighted by atomic mass is 10.0. The first kappa shape index (κ1) is 20.6. The van der Waals surface area contributed by atoms with E-state index in [-0.39, 0.29) is 32.6 Å². The van der Waals surface area contributed by atoms with Crippen molar-refractivity contribution in [2.75, 3.05) is 11.9 Å². The third-order valence-corrected chi connectivity index (χ3v) is 7.93. The van der Waals surface area contributed by atoms with Gasteiger partial charge in [-0.25, -0.2) is 22.9 Å². The summed E-state index contributed by atoms with van der Waals surface area (Å²) < 4.78 is 37.3. The zero-order valence-electron chi connectivity index (χ0n) is 16.3. The quantitative estimate of drug-likeness (QED) is 0.663. The second-order valence-electron chi connectivity index (χ2n) is 7.23. The molecule has 2 aromatic heterocycles. The van der Waals surface area contributed by atoms with Gasteiger partial charge in [0.1, 0.15) is 11.5 Å². The first-order valence-electron chi connectivity index (χ1n) is 9.15. The van der Waals surface area contributed by atoms with Crippen LogP contribution in [0.3, 0.4) is 0 Å². The number of primary sulfonamides is 1. The molecule has 0 aliphatic heterocycles. The van der Waals surface area contributed by atoms with Gasteiger partial charge in [-0.1, -0.05) is 23.5 Å². The fourth-order valence-electron chi connectivity index (χ4n) is 3.68. The molecule has 0 radical (unpaired) electrons. The molecular formula is C20H19FN4O3S2. The molecule has 0 spiro atoms. The molecule has 1 amide bonds. The Bertz CT molecular complexity index is 1260. The fraction of sp³-hybridized carbons (Fsp3) is 0.250. The Balaban J connectivity index is 1.55. The van der Waals surface area contributed by atoms with Crippen molar-refractivity contribution < 1.29 is 17.6 Å². The van der Waals surface area contributed by atoms with Crippen molar-refractivity contribution in [2.24, 2.45) is 11.1 Å². The van der Waals surface area contributed by atoms with Crippen molar-refractivity contribution in [2.45, 2.75) is 24.0 Å². The lowest BCUT2D eigenvalue weighted by Crippen LogP contribution is -2.33. The Morgan fingerprint density at radius 2 is 2.00 bits per heavy atom. The molecule has 0 fully saturated rings. The summed E-state index contributed by atoms with van der Waals surface area (Å²) in [5, 5.41) is 5.49. The Morgan fingerprint density at radius 1 is 1.27 bits per heavy atom. The van der Waals surface area contributed by atoms with Gasteiger partial charge in [0.2, 0.25) is 15.9 Å². The number of anilines is 1. The molecule has 0 unspecified atom stereocenters. The second-order valence-corrected chi connectivity index (χ2v) is 9.97. The number of carbonyl (C=O) groups is 1. The minimum absolute atomic E-state index is 0.0473. The van der Waals surface area contributed by atoms with Crippen LogP contribution in [0.5, 0.6) is 0 Å². The van der Waals surface area contributed by atoms with Crippen LogP contribution in [-0.2, 0) is 27.7 Å². The van der Waals surface area contributed by atoms with E-state index in [2.05, 4.69) is 9.97 Å². The van der Waals surface area contributed by atoms with E-state index >= 15 is 0 Å². The van der Waals surface area contributed by atoms with Crippen molar-refractivity contribution in [1.82, 2.24) is 9.97 Å². The maximum Gasteiger partial charge on any atom is 0.249 e. The number of hydrogen-bond acceptors (Lipinski definition) is 6. The molecule has 1 atom stereocenters. The second kappa shape index (κ2) is 7.53. The van der Waals surface area contributed by atoms with Crippen molar-refractivity contribution in [1.29, 1.82) is 0 Å². The molecule has 2 heterocycles. The summed E-state index contributed by atoms with van der Waals surface area (Å²) in [7, 11) is -2.31. The Morgan fingerprint density at radius 3 is 2.67 bits per heavy atom. The average molecular weight is 447 g/mol. The largest absolute Gasteiger partial charge is 0.291 e. The number of amides is 1. The van der Waals surface area contributed by atoms with Crippen LogP contribution in [0.1, 0.15) is 16.8 Å². The number of nitrogens with two attached hydrogens (primary N) is 1. The minimum atomic E-state index is -3.89. The number of pyridine rings is 1. The topological polar surface area (TPSA) is 106 Å². The predicted octanol–water partition coefficient (Wildman–Crippen LogP) is 2.68. The SMILES string of the molecule is Cc1nc(N(C)C(=O)[C@@H]2Cc3ccc(-c4ncccc4F)cc3C2)sc1S(N)(=O)=O. The van der Waals surface area contributed by atoms with Crippen molar-refractivity contribution in [3.63, 3.8) is 0 Å². The van der Waals surface area contributed by atoms with Crippen LogP contribution in [0.15, 0.2) is 40.7 Å². The highest BCUT2D eigenvalue weighted by molar-refractivity contribution is 7.91. The number of sulfonamides is 1. The van der Waals surface area contributed by atoms with E-state index in [1.165, 1.54) is 11.0 Å². The summed E-state index contributed by atoms with van der Waals surface area (Å²) in [4.78, 5) is 22.7. The maximum atomic E-state index is 14.1. The maximum absolute atomic E-state index is 14.1. The van der Waals surface area contributed by atoms with Crippen LogP contribution in [-0.4, -0.2) is 31.3 Å². The summed E-state index contributed by atoms with van der Waals surface area (Å²) in [5.74, 6) is -0.866. The molecule has 1 aliphatic rings. The van der Waals surface area contributed by atoms with E-state index in [0.717, 1.165) is 22.5 Å². The van der Waals surface area contributed by atoms with Gasteiger partial charge in [-0.3, -0.25) is 14.7 Å². The van der Waals surface area contributed by atoms with Crippen LogP contribution in [0.25, 0.3) is 11.3 Å². The van der Waals surface area contributed by atoms with E-state index in [4.69, 9.17) is 5.14 Å². The highest BCUT2D eigenvalue weighted by atomic mass is 32.2. The van der Waals surface area contributed by atoms with Crippen LogP contribution in [0, 0.1) is 18.7 Å². The van der Waals surface area contributed by atoms with Gasteiger partial charge in [-0.15, -0.1) is 0 Å². The van der Waals surface area contributed by atoms with Gasteiger partial charge in [0, 0.05) is 24.7 Å². The summed E-state index contributed by atoms with van der Waals surface area (Å²) in [6.07, 6.45) is 2.60. The van der Waals surface area contributed by atoms with Crippen LogP contribution in [0.2, 0.25) is 0 Å². The number of rotatable bonds is 4. The summed E-state index contributed by atoms with van der Waals surface area (Å²) in [6.45, 7) is 1.54. The predicted molar refractivity (Wildman–Crippen MR) is 112 cm³/mol. The Hall–Kier alpha value is -2.69. The van der Waals surface area contributed by atoms with Gasteiger partial charge in [-0.2, -0.15) is 0 Å². The average Bonchev–Trinajstić information content (AvgIpc) is 3.30. The number of fused-ring (bicyclic) bond motifs is 1. The molecule has 30 heavy (non-hydrogen) atoms. The number of nitrogens with zero attached hydrogens (tertiary/aromatic N) is 3. The molecule has 1 aliphatic carbocycles. The molecular weight excluding hydrogens is 427 g/mol. The number of thiazole rings is 1. The van der Waals surface area contributed by atoms with Gasteiger partial charge in [0.25, 0.3) is 0 Å². The fourth-order valence-corrected chi connectivity index (χ4v) is 5.60. The van der Waals surface area contributed by atoms with Crippen molar-refractivity contribution >= 4 is 32.4 Å². The summed E-state index contributed by atoms with van der Waals surface area (Å²) in [6, 6.07) is 8.49. The highest BCUT2D eigenvalue weighted by Gasteiger charge is 2.32. The van der Waals surface area contributed by atoms with Gasteiger partial charge in [0.05, 0.1) is 5.69 Å². The molecule has 0 bridgehead atoms. The van der Waals surface area contributed by atoms with E-state index < -0.39 is 15.8 Å². The summed E-state index contributed by atoms with van der Waals surface area (Å²) >= 11 is 0.878. The molecule has 10 heteroatoms. The van der Waals surface area contributed by atoms with E-state index in [1.807, 2.05) is 18.2 Å². The molecule has 1 aromatic carbocycles. The lowest BCUT2D eigenvalue weighted by molar-refractivity contribution is -0.121. The Kier molecular flexibility index (Phi) is 5.16. The molecule has 0 saturated heterocycles. The molecule has 0 saturated carbocycles. The number of halogens is 1. The minimum Gasteiger partial charge on any atom is -0.291 e. The first-order valence-corrected chi connectivity index (χ1v) is 11.5. The molecule has 2 N–H and O–H groups in total. The lowest BCUT2D eigenvalue weighted by Gasteiger charge is -2.18. The standard InChI is InChI=1S/C20H19FN4O3S2/c1-11-19(30(22,27)28)29-20(24-11)25(2)18(26)15-8-12-5-6-13(9-14(12)10-15)17-16(21)4-3-7-23-17/h3-7,9,15H,8,10H2,1-2H3,(H2,22,27,28)/t15-/m1/s1. The number of aryl methyl sites for hydroxylation is 1. The monoisotopic (exact) mass is 446 g/mol. The van der Waals surface area contributed by atoms with Crippen LogP contribution in [0.4, 0.5) is 9.52 Å². The summed E-state index contributed by atoms with van der Waals surface area (Å²) in [5.41, 5.74) is 3.23. The zero-order chi connectivity index (χ0) is 21.6. The zero-order valence-corrected chi connectivity index (χ0v) is 17.9. The van der Waals surface area contributed by atoms with Crippen LogP contribution >= 0.6 is 11.3 Å². The van der Waals surface area contributed by atoms with Gasteiger partial charge in [0.15, 0.2) is 9.34 Å². The third kappa shape index (κ3) is 3.73. The molecule has 156 valence electrons. The molecule has 4 rings (SSSR count). The van der Waals surface area contributed by atoms with Crippen LogP contribution < -0.4 is 10.0 Å². The Labute approximate surface area is 177 Å². The number of hydrogen-bond donors (Lipinski definition) is 1. The number of aromatic nitrogens is 2. The molecule has 3 aromatic rings. The third-order valence-electron chi connectivity index (χ3n) is 5.14. The normalized spacial score (nSPS) is 15.8. The van der Waals surface area contributed by atoms with Gasteiger partial charge >= 0.3 is 0 Å². The van der Waals surface area contributed by atoms with Gasteiger partial charge < -0.3 is 0 Å². The van der Waals surface area contributed by atoms with Crippen molar-refractivity contribution in [3.8, 4) is 11.3 Å². The smallest absolute Gasteiger partial charge is 0.249 e. The van der Waals surface area contributed by atoms with E-state index in [0.29, 0.717) is 18.4 Å².